The minimum absolute atomic E-state index is 0.166. The molecule has 2 heterocycles. The second kappa shape index (κ2) is 8.84. The largest absolute Gasteiger partial charge is 0.416 e. The highest BCUT2D eigenvalue weighted by atomic mass is 19.4. The molecule has 1 saturated carbocycles. The minimum atomic E-state index is -4.46. The van der Waals surface area contributed by atoms with Crippen molar-refractivity contribution < 1.29 is 22.9 Å². The molecule has 1 saturated heterocycles. The molecule has 0 spiro atoms. The molecule has 0 bridgehead atoms. The number of alkyl halides is 3. The molecule has 3 aromatic rings. The van der Waals surface area contributed by atoms with Gasteiger partial charge in [0.2, 0.25) is 0 Å². The molecule has 0 atom stereocenters. The fourth-order valence-corrected chi connectivity index (χ4v) is 4.57. The number of hydrogen-bond donors (Lipinski definition) is 1. The van der Waals surface area contributed by atoms with Crippen LogP contribution in [0.25, 0.3) is 22.5 Å². The van der Waals surface area contributed by atoms with E-state index in [4.69, 9.17) is 0 Å². The SMILES string of the molecule is O=C(c1cc(-c2ccc(C(F)(F)F)cc2)[nH]c1-c1ccccc1[N+](=O)[O-])N1CCN(C2CC2)CC1. The predicted octanol–water partition coefficient (Wildman–Crippen LogP) is 5.20. The zero-order valence-electron chi connectivity index (χ0n) is 18.7. The first-order valence-corrected chi connectivity index (χ1v) is 11.4. The standard InChI is InChI=1S/C25H23F3N4O3/c26-25(27,28)17-7-5-16(6-8-17)21-15-20(23(29-21)19-3-1-2-4-22(19)32(34)35)24(33)31-13-11-30(12-14-31)18-9-10-18/h1-8,15,18,29H,9-14H2. The summed E-state index contributed by atoms with van der Waals surface area (Å²) in [7, 11) is 0. The van der Waals surface area contributed by atoms with Crippen molar-refractivity contribution in [1.82, 2.24) is 14.8 Å². The van der Waals surface area contributed by atoms with Crippen LogP contribution in [0.2, 0.25) is 0 Å². The first kappa shape index (κ1) is 23.1. The normalized spacial score (nSPS) is 16.9. The molecular formula is C25H23F3N4O3. The van der Waals surface area contributed by atoms with Gasteiger partial charge >= 0.3 is 6.18 Å². The zero-order valence-corrected chi connectivity index (χ0v) is 18.7. The fraction of sp³-hybridized carbons (Fsp3) is 0.320. The Balaban J connectivity index is 1.53. The molecule has 1 N–H and O–H groups in total. The first-order valence-electron chi connectivity index (χ1n) is 11.4. The Morgan fingerprint density at radius 1 is 1.00 bits per heavy atom. The third kappa shape index (κ3) is 4.66. The summed E-state index contributed by atoms with van der Waals surface area (Å²) in [6.45, 7) is 2.64. The minimum Gasteiger partial charge on any atom is -0.354 e. The number of rotatable bonds is 5. The van der Waals surface area contributed by atoms with Crippen LogP contribution in [0.15, 0.2) is 54.6 Å². The van der Waals surface area contributed by atoms with Crippen molar-refractivity contribution in [3.8, 4) is 22.5 Å². The van der Waals surface area contributed by atoms with Crippen molar-refractivity contribution in [3.05, 3.63) is 75.8 Å². The summed E-state index contributed by atoms with van der Waals surface area (Å²) < 4.78 is 39.0. The molecule has 2 fully saturated rings. The number of nitrogens with one attached hydrogen (secondary N) is 1. The topological polar surface area (TPSA) is 82.5 Å². The van der Waals surface area contributed by atoms with E-state index in [0.29, 0.717) is 30.4 Å². The van der Waals surface area contributed by atoms with E-state index >= 15 is 0 Å². The molecule has 7 nitrogen and oxygen atoms in total. The summed E-state index contributed by atoms with van der Waals surface area (Å²) in [6, 6.07) is 12.9. The first-order chi connectivity index (χ1) is 16.7. The Morgan fingerprint density at radius 3 is 2.26 bits per heavy atom. The third-order valence-corrected chi connectivity index (χ3v) is 6.61. The second-order valence-electron chi connectivity index (χ2n) is 8.88. The molecule has 1 amide bonds. The molecule has 0 unspecified atom stereocenters. The van der Waals surface area contributed by atoms with Crippen LogP contribution in [-0.4, -0.2) is 57.8 Å². The van der Waals surface area contributed by atoms with Gasteiger partial charge in [-0.3, -0.25) is 19.8 Å². The molecule has 1 aromatic heterocycles. The highest BCUT2D eigenvalue weighted by Crippen LogP contribution is 2.37. The molecular weight excluding hydrogens is 461 g/mol. The number of carbonyl (C=O) groups is 1. The number of para-hydroxylation sites is 1. The summed E-state index contributed by atoms with van der Waals surface area (Å²) in [5.41, 5.74) is 0.686. The summed E-state index contributed by atoms with van der Waals surface area (Å²) in [5.74, 6) is -0.261. The van der Waals surface area contributed by atoms with E-state index in [1.54, 1.807) is 29.2 Å². The van der Waals surface area contributed by atoms with Crippen LogP contribution >= 0.6 is 0 Å². The van der Waals surface area contributed by atoms with Crippen LogP contribution in [0.1, 0.15) is 28.8 Å². The number of halogens is 3. The van der Waals surface area contributed by atoms with E-state index in [9.17, 15) is 28.1 Å². The summed E-state index contributed by atoms with van der Waals surface area (Å²) >= 11 is 0. The fourth-order valence-electron chi connectivity index (χ4n) is 4.57. The molecule has 10 heteroatoms. The van der Waals surface area contributed by atoms with Crippen molar-refractivity contribution in [1.29, 1.82) is 0 Å². The molecule has 1 aliphatic heterocycles. The molecule has 35 heavy (non-hydrogen) atoms. The number of aromatic nitrogens is 1. The van der Waals surface area contributed by atoms with Gasteiger partial charge in [-0.2, -0.15) is 13.2 Å². The number of aromatic amines is 1. The monoisotopic (exact) mass is 484 g/mol. The Bertz CT molecular complexity index is 1260. The van der Waals surface area contributed by atoms with Gasteiger partial charge in [0.1, 0.15) is 0 Å². The van der Waals surface area contributed by atoms with E-state index in [2.05, 4.69) is 9.88 Å². The summed E-state index contributed by atoms with van der Waals surface area (Å²) in [4.78, 5) is 31.9. The van der Waals surface area contributed by atoms with Gasteiger partial charge in [0, 0.05) is 44.0 Å². The van der Waals surface area contributed by atoms with Crippen molar-refractivity contribution in [2.45, 2.75) is 25.1 Å². The van der Waals surface area contributed by atoms with Crippen LogP contribution in [0, 0.1) is 10.1 Å². The van der Waals surface area contributed by atoms with Crippen LogP contribution in [0.3, 0.4) is 0 Å². The van der Waals surface area contributed by atoms with Crippen LogP contribution in [0.4, 0.5) is 18.9 Å². The van der Waals surface area contributed by atoms with Gasteiger partial charge in [-0.05, 0) is 42.7 Å². The third-order valence-electron chi connectivity index (χ3n) is 6.61. The Hall–Kier alpha value is -3.66. The average molecular weight is 484 g/mol. The summed E-state index contributed by atoms with van der Waals surface area (Å²) in [6.07, 6.45) is -2.10. The number of H-pyrrole nitrogens is 1. The van der Waals surface area contributed by atoms with Gasteiger partial charge in [-0.1, -0.05) is 24.3 Å². The van der Waals surface area contributed by atoms with Gasteiger partial charge < -0.3 is 9.88 Å². The quantitative estimate of drug-likeness (QED) is 0.399. The highest BCUT2D eigenvalue weighted by Gasteiger charge is 2.34. The van der Waals surface area contributed by atoms with E-state index in [0.717, 1.165) is 25.2 Å². The number of benzene rings is 2. The number of nitro groups is 1. The van der Waals surface area contributed by atoms with Crippen LogP contribution in [-0.2, 0) is 6.18 Å². The number of amides is 1. The molecule has 0 radical (unpaired) electrons. The van der Waals surface area contributed by atoms with Gasteiger partial charge in [0.25, 0.3) is 11.6 Å². The van der Waals surface area contributed by atoms with Crippen molar-refractivity contribution in [3.63, 3.8) is 0 Å². The molecule has 1 aliphatic carbocycles. The van der Waals surface area contributed by atoms with Gasteiger partial charge in [0.05, 0.1) is 27.3 Å². The van der Waals surface area contributed by atoms with Crippen LogP contribution in [0.5, 0.6) is 0 Å². The van der Waals surface area contributed by atoms with Gasteiger partial charge in [-0.15, -0.1) is 0 Å². The lowest BCUT2D eigenvalue weighted by atomic mass is 10.0. The average Bonchev–Trinajstić information content (AvgIpc) is 3.61. The Morgan fingerprint density at radius 2 is 1.66 bits per heavy atom. The predicted molar refractivity (Wildman–Crippen MR) is 124 cm³/mol. The van der Waals surface area contributed by atoms with E-state index < -0.39 is 16.7 Å². The molecule has 182 valence electrons. The number of nitro benzene ring substituents is 1. The van der Waals surface area contributed by atoms with E-state index in [-0.39, 0.29) is 28.4 Å². The maximum Gasteiger partial charge on any atom is 0.416 e. The number of piperazine rings is 1. The van der Waals surface area contributed by atoms with E-state index in [1.807, 2.05) is 0 Å². The molecule has 5 rings (SSSR count). The van der Waals surface area contributed by atoms with Gasteiger partial charge in [-0.25, -0.2) is 0 Å². The van der Waals surface area contributed by atoms with Crippen molar-refractivity contribution >= 4 is 11.6 Å². The van der Waals surface area contributed by atoms with Gasteiger partial charge in [0.15, 0.2) is 0 Å². The Kier molecular flexibility index (Phi) is 5.84. The number of hydrogen-bond acceptors (Lipinski definition) is 4. The summed E-state index contributed by atoms with van der Waals surface area (Å²) in [5, 5.41) is 11.7. The van der Waals surface area contributed by atoms with Crippen molar-refractivity contribution in [2.75, 3.05) is 26.2 Å². The lowest BCUT2D eigenvalue weighted by Crippen LogP contribution is -2.49. The maximum atomic E-state index is 13.6. The van der Waals surface area contributed by atoms with E-state index in [1.165, 1.54) is 31.0 Å². The number of nitrogens with zero attached hydrogens (tertiary/aromatic N) is 3. The molecule has 2 aliphatic rings. The highest BCUT2D eigenvalue weighted by molar-refractivity contribution is 6.02. The maximum absolute atomic E-state index is 13.6. The number of carbonyl (C=O) groups excluding carboxylic acids is 1. The van der Waals surface area contributed by atoms with Crippen LogP contribution < -0.4 is 0 Å². The zero-order chi connectivity index (χ0) is 24.7. The smallest absolute Gasteiger partial charge is 0.354 e. The molecule has 2 aromatic carbocycles. The lowest BCUT2D eigenvalue weighted by Gasteiger charge is -2.34. The Labute approximate surface area is 199 Å². The lowest BCUT2D eigenvalue weighted by molar-refractivity contribution is -0.384. The van der Waals surface area contributed by atoms with Crippen molar-refractivity contribution in [2.24, 2.45) is 0 Å². The second-order valence-corrected chi connectivity index (χ2v) is 8.88.